The summed E-state index contributed by atoms with van der Waals surface area (Å²) in [6, 6.07) is 6.13. The number of carbonyl (C=O) groups is 2. The number of nitrogens with one attached hydrogen (secondary N) is 1. The molecule has 0 radical (unpaired) electrons. The fourth-order valence-electron chi connectivity index (χ4n) is 3.24. The maximum Gasteiger partial charge on any atom is 0.269 e. The molecule has 1 N–H and O–H groups in total. The minimum absolute atomic E-state index is 0.0103. The Morgan fingerprint density at radius 2 is 1.89 bits per heavy atom. The first-order valence-electron chi connectivity index (χ1n) is 9.49. The third kappa shape index (κ3) is 5.07. The fraction of sp³-hybridized carbons (Fsp3) is 0.579. The predicted octanol–water partition coefficient (Wildman–Crippen LogP) is 1.85. The Kier molecular flexibility index (Phi) is 7.38. The molecular formula is C19H29N3O4S. The van der Waals surface area contributed by atoms with Gasteiger partial charge in [-0.15, -0.1) is 0 Å². The number of sulfonamides is 1. The Hall–Kier alpha value is -1.93. The van der Waals surface area contributed by atoms with Crippen LogP contribution >= 0.6 is 0 Å². The standard InChI is InChI=1S/C19H29N3O4S/c1-4-21(5-2)13-8-9-15(3)20-18(23)12-14-22-19(24)16-10-6-7-11-17(16)27(22,25)26/h6-7,10-11,15H,4-5,8-9,12-14H2,1-3H3,(H,20,23)/t15-/m0/s1. The van der Waals surface area contributed by atoms with E-state index >= 15 is 0 Å². The second-order valence-corrected chi connectivity index (χ2v) is 8.60. The molecule has 0 fully saturated rings. The summed E-state index contributed by atoms with van der Waals surface area (Å²) in [5, 5.41) is 2.89. The van der Waals surface area contributed by atoms with E-state index in [1.165, 1.54) is 12.1 Å². The van der Waals surface area contributed by atoms with Gasteiger partial charge in [0.05, 0.1) is 5.56 Å². The summed E-state index contributed by atoms with van der Waals surface area (Å²) in [5.41, 5.74) is 0.169. The molecule has 0 saturated heterocycles. The Morgan fingerprint density at radius 3 is 2.52 bits per heavy atom. The molecule has 2 amide bonds. The maximum absolute atomic E-state index is 12.5. The number of hydrogen-bond donors (Lipinski definition) is 1. The average molecular weight is 396 g/mol. The van der Waals surface area contributed by atoms with Gasteiger partial charge in [-0.2, -0.15) is 0 Å². The summed E-state index contributed by atoms with van der Waals surface area (Å²) >= 11 is 0. The van der Waals surface area contributed by atoms with Crippen LogP contribution < -0.4 is 5.32 Å². The molecule has 1 aromatic rings. The van der Waals surface area contributed by atoms with E-state index in [-0.39, 0.29) is 35.4 Å². The summed E-state index contributed by atoms with van der Waals surface area (Å²) in [5.74, 6) is -0.810. The van der Waals surface area contributed by atoms with Crippen LogP contribution in [-0.2, 0) is 14.8 Å². The lowest BCUT2D eigenvalue weighted by atomic mass is 10.1. The van der Waals surface area contributed by atoms with Crippen LogP contribution in [0.25, 0.3) is 0 Å². The molecule has 150 valence electrons. The first kappa shape index (κ1) is 21.4. The summed E-state index contributed by atoms with van der Waals surface area (Å²) in [6.07, 6.45) is 1.80. The van der Waals surface area contributed by atoms with Crippen molar-refractivity contribution < 1.29 is 18.0 Å². The summed E-state index contributed by atoms with van der Waals surface area (Å²) in [7, 11) is -3.85. The number of amides is 2. The van der Waals surface area contributed by atoms with E-state index in [4.69, 9.17) is 0 Å². The van der Waals surface area contributed by atoms with Gasteiger partial charge in [-0.05, 0) is 51.5 Å². The number of fused-ring (bicyclic) bond motifs is 1. The van der Waals surface area contributed by atoms with Gasteiger partial charge in [0, 0.05) is 19.0 Å². The van der Waals surface area contributed by atoms with Crippen LogP contribution in [0.5, 0.6) is 0 Å². The lowest BCUT2D eigenvalue weighted by molar-refractivity contribution is -0.121. The van der Waals surface area contributed by atoms with Crippen molar-refractivity contribution in [1.29, 1.82) is 0 Å². The van der Waals surface area contributed by atoms with Crippen molar-refractivity contribution in [1.82, 2.24) is 14.5 Å². The smallest absolute Gasteiger partial charge is 0.269 e. The normalized spacial score (nSPS) is 16.4. The summed E-state index contributed by atoms with van der Waals surface area (Å²) in [6.45, 7) is 9.06. The monoisotopic (exact) mass is 395 g/mol. The maximum atomic E-state index is 12.5. The third-order valence-electron chi connectivity index (χ3n) is 4.87. The topological polar surface area (TPSA) is 86.8 Å². The number of hydrogen-bond acceptors (Lipinski definition) is 5. The van der Waals surface area contributed by atoms with E-state index < -0.39 is 15.9 Å². The molecule has 0 unspecified atom stereocenters. The highest BCUT2D eigenvalue weighted by molar-refractivity contribution is 7.90. The average Bonchev–Trinajstić information content (AvgIpc) is 2.83. The molecule has 1 heterocycles. The van der Waals surface area contributed by atoms with E-state index in [0.717, 1.165) is 36.8 Å². The molecule has 1 aromatic carbocycles. The van der Waals surface area contributed by atoms with Crippen molar-refractivity contribution in [3.8, 4) is 0 Å². The van der Waals surface area contributed by atoms with Crippen LogP contribution in [0.3, 0.4) is 0 Å². The molecular weight excluding hydrogens is 366 g/mol. The molecule has 0 aliphatic carbocycles. The van der Waals surface area contributed by atoms with E-state index in [0.29, 0.717) is 0 Å². The SMILES string of the molecule is CCN(CC)CCC[C@H](C)NC(=O)CCN1C(=O)c2ccccc2S1(=O)=O. The van der Waals surface area contributed by atoms with Crippen LogP contribution in [0.1, 0.15) is 50.4 Å². The van der Waals surface area contributed by atoms with Gasteiger partial charge in [0.25, 0.3) is 15.9 Å². The van der Waals surface area contributed by atoms with Crippen molar-refractivity contribution >= 4 is 21.8 Å². The molecule has 0 saturated carbocycles. The Bertz CT molecular complexity index is 775. The summed E-state index contributed by atoms with van der Waals surface area (Å²) in [4.78, 5) is 26.8. The highest BCUT2D eigenvalue weighted by Gasteiger charge is 2.40. The molecule has 27 heavy (non-hydrogen) atoms. The van der Waals surface area contributed by atoms with Gasteiger partial charge in [-0.3, -0.25) is 9.59 Å². The summed E-state index contributed by atoms with van der Waals surface area (Å²) < 4.78 is 25.7. The molecule has 2 rings (SSSR count). The van der Waals surface area contributed by atoms with Gasteiger partial charge in [0.15, 0.2) is 0 Å². The largest absolute Gasteiger partial charge is 0.354 e. The van der Waals surface area contributed by atoms with Crippen LogP contribution in [0.15, 0.2) is 29.2 Å². The third-order valence-corrected chi connectivity index (χ3v) is 6.71. The second kappa shape index (κ2) is 9.32. The number of benzene rings is 1. The molecule has 1 aliphatic rings. The van der Waals surface area contributed by atoms with E-state index in [2.05, 4.69) is 24.1 Å². The zero-order valence-corrected chi connectivity index (χ0v) is 17.1. The lowest BCUT2D eigenvalue weighted by Crippen LogP contribution is -2.37. The second-order valence-electron chi connectivity index (χ2n) is 6.77. The number of rotatable bonds is 10. The highest BCUT2D eigenvalue weighted by Crippen LogP contribution is 2.29. The van der Waals surface area contributed by atoms with Gasteiger partial charge in [-0.1, -0.05) is 26.0 Å². The molecule has 1 aliphatic heterocycles. The van der Waals surface area contributed by atoms with Gasteiger partial charge in [0.1, 0.15) is 4.90 Å². The van der Waals surface area contributed by atoms with Gasteiger partial charge in [0.2, 0.25) is 5.91 Å². The van der Waals surface area contributed by atoms with E-state index in [1.807, 2.05) is 6.92 Å². The van der Waals surface area contributed by atoms with Crippen molar-refractivity contribution in [3.63, 3.8) is 0 Å². The van der Waals surface area contributed by atoms with Crippen LogP contribution in [0.2, 0.25) is 0 Å². The zero-order valence-electron chi connectivity index (χ0n) is 16.3. The van der Waals surface area contributed by atoms with Crippen LogP contribution in [0.4, 0.5) is 0 Å². The van der Waals surface area contributed by atoms with Crippen LogP contribution in [-0.4, -0.2) is 61.7 Å². The molecule has 0 bridgehead atoms. The van der Waals surface area contributed by atoms with Crippen molar-refractivity contribution in [2.45, 2.75) is 51.0 Å². The van der Waals surface area contributed by atoms with E-state index in [9.17, 15) is 18.0 Å². The Labute approximate surface area is 161 Å². The van der Waals surface area contributed by atoms with Gasteiger partial charge >= 0.3 is 0 Å². The molecule has 0 spiro atoms. The van der Waals surface area contributed by atoms with Crippen molar-refractivity contribution in [2.24, 2.45) is 0 Å². The fourth-order valence-corrected chi connectivity index (χ4v) is 4.80. The first-order chi connectivity index (χ1) is 12.8. The molecule has 7 nitrogen and oxygen atoms in total. The van der Waals surface area contributed by atoms with Crippen molar-refractivity contribution in [2.75, 3.05) is 26.2 Å². The quantitative estimate of drug-likeness (QED) is 0.653. The van der Waals surface area contributed by atoms with E-state index in [1.54, 1.807) is 12.1 Å². The number of nitrogens with zero attached hydrogens (tertiary/aromatic N) is 2. The zero-order chi connectivity index (χ0) is 20.0. The van der Waals surface area contributed by atoms with Gasteiger partial charge in [-0.25, -0.2) is 12.7 Å². The predicted molar refractivity (Wildman–Crippen MR) is 104 cm³/mol. The first-order valence-corrected chi connectivity index (χ1v) is 10.9. The molecule has 0 aromatic heterocycles. The molecule has 8 heteroatoms. The highest BCUT2D eigenvalue weighted by atomic mass is 32.2. The Balaban J connectivity index is 1.81. The number of carbonyl (C=O) groups excluding carboxylic acids is 2. The Morgan fingerprint density at radius 1 is 1.22 bits per heavy atom. The minimum Gasteiger partial charge on any atom is -0.354 e. The van der Waals surface area contributed by atoms with Crippen LogP contribution in [0, 0.1) is 0 Å². The minimum atomic E-state index is -3.85. The van der Waals surface area contributed by atoms with Gasteiger partial charge < -0.3 is 10.2 Å². The van der Waals surface area contributed by atoms with Crippen molar-refractivity contribution in [3.05, 3.63) is 29.8 Å². The molecule has 1 atom stereocenters. The lowest BCUT2D eigenvalue weighted by Gasteiger charge is -2.20.